The second-order valence-electron chi connectivity index (χ2n) is 6.79. The van der Waals surface area contributed by atoms with Gasteiger partial charge in [-0.1, -0.05) is 0 Å². The molecule has 0 radical (unpaired) electrons. The molecule has 1 atom stereocenters. The molecule has 2 saturated heterocycles. The summed E-state index contributed by atoms with van der Waals surface area (Å²) in [6.45, 7) is 6.35. The first-order valence-electron chi connectivity index (χ1n) is 8.44. The summed E-state index contributed by atoms with van der Waals surface area (Å²) in [7, 11) is 0. The van der Waals surface area contributed by atoms with Gasteiger partial charge in [0.1, 0.15) is 0 Å². The molecule has 3 fully saturated rings. The normalized spacial score (nSPS) is 26.5. The van der Waals surface area contributed by atoms with E-state index in [1.165, 1.54) is 19.4 Å². The number of carbonyl (C=O) groups is 1. The molecule has 6 nitrogen and oxygen atoms in total. The summed E-state index contributed by atoms with van der Waals surface area (Å²) >= 11 is 0. The Morgan fingerprint density at radius 2 is 2.09 bits per heavy atom. The van der Waals surface area contributed by atoms with Gasteiger partial charge >= 0.3 is 0 Å². The molecule has 0 aromatic carbocycles. The number of H-pyrrole nitrogens is 1. The Morgan fingerprint density at radius 3 is 2.77 bits per heavy atom. The first kappa shape index (κ1) is 14.2. The lowest BCUT2D eigenvalue weighted by Gasteiger charge is -2.34. The van der Waals surface area contributed by atoms with Gasteiger partial charge in [0, 0.05) is 45.2 Å². The maximum absolute atomic E-state index is 12.8. The zero-order chi connectivity index (χ0) is 14.9. The van der Waals surface area contributed by atoms with Crippen LogP contribution in [0.1, 0.15) is 41.2 Å². The molecule has 3 aliphatic rings. The highest BCUT2D eigenvalue weighted by atomic mass is 16.5. The molecule has 1 saturated carbocycles. The lowest BCUT2D eigenvalue weighted by molar-refractivity contribution is 0.0630. The molecule has 22 heavy (non-hydrogen) atoms. The van der Waals surface area contributed by atoms with Crippen LogP contribution in [-0.2, 0) is 4.74 Å². The number of aromatic nitrogens is 2. The zero-order valence-corrected chi connectivity index (χ0v) is 13.0. The maximum Gasteiger partial charge on any atom is 0.257 e. The van der Waals surface area contributed by atoms with Gasteiger partial charge in [-0.05, 0) is 25.2 Å². The number of nitrogens with zero attached hydrogens (tertiary/aromatic N) is 3. The Labute approximate surface area is 130 Å². The predicted molar refractivity (Wildman–Crippen MR) is 81.8 cm³/mol. The Hall–Kier alpha value is -1.40. The molecular formula is C16H24N4O2. The van der Waals surface area contributed by atoms with E-state index in [-0.39, 0.29) is 11.8 Å². The van der Waals surface area contributed by atoms with E-state index >= 15 is 0 Å². The fraction of sp³-hybridized carbons (Fsp3) is 0.750. The summed E-state index contributed by atoms with van der Waals surface area (Å²) in [5, 5.41) is 7.13. The van der Waals surface area contributed by atoms with E-state index in [0.29, 0.717) is 6.61 Å². The summed E-state index contributed by atoms with van der Waals surface area (Å²) in [6, 6.07) is 0. The molecule has 120 valence electrons. The highest BCUT2D eigenvalue weighted by molar-refractivity contribution is 5.95. The second-order valence-corrected chi connectivity index (χ2v) is 6.79. The number of amides is 1. The van der Waals surface area contributed by atoms with E-state index in [1.54, 1.807) is 6.20 Å². The molecule has 1 N–H and O–H groups in total. The van der Waals surface area contributed by atoms with Gasteiger partial charge in [0.25, 0.3) is 5.91 Å². The minimum atomic E-state index is 0.127. The van der Waals surface area contributed by atoms with Crippen LogP contribution in [0.3, 0.4) is 0 Å². The van der Waals surface area contributed by atoms with Gasteiger partial charge in [0.15, 0.2) is 0 Å². The van der Waals surface area contributed by atoms with E-state index in [1.807, 2.05) is 4.90 Å². The van der Waals surface area contributed by atoms with Crippen molar-refractivity contribution in [3.63, 3.8) is 0 Å². The minimum absolute atomic E-state index is 0.127. The molecule has 1 aromatic rings. The second kappa shape index (κ2) is 6.01. The van der Waals surface area contributed by atoms with Gasteiger partial charge < -0.3 is 9.64 Å². The highest BCUT2D eigenvalue weighted by Gasteiger charge is 2.31. The summed E-state index contributed by atoms with van der Waals surface area (Å²) < 4.78 is 5.44. The molecule has 2 aliphatic heterocycles. The van der Waals surface area contributed by atoms with E-state index in [4.69, 9.17) is 4.74 Å². The molecule has 1 amide bonds. The van der Waals surface area contributed by atoms with Crippen molar-refractivity contribution >= 4 is 5.91 Å². The Morgan fingerprint density at radius 1 is 1.27 bits per heavy atom. The molecular weight excluding hydrogens is 280 g/mol. The van der Waals surface area contributed by atoms with Gasteiger partial charge in [-0.25, -0.2) is 0 Å². The molecule has 1 unspecified atom stereocenters. The van der Waals surface area contributed by atoms with E-state index in [2.05, 4.69) is 15.1 Å². The average Bonchev–Trinajstić information content (AvgIpc) is 3.05. The van der Waals surface area contributed by atoms with Gasteiger partial charge in [0.05, 0.1) is 24.1 Å². The van der Waals surface area contributed by atoms with Crippen molar-refractivity contribution in [2.24, 2.45) is 5.92 Å². The van der Waals surface area contributed by atoms with Crippen LogP contribution in [0.25, 0.3) is 0 Å². The lowest BCUT2D eigenvalue weighted by atomic mass is 10.0. The van der Waals surface area contributed by atoms with Crippen LogP contribution in [0, 0.1) is 5.92 Å². The molecule has 6 heteroatoms. The molecule has 3 heterocycles. The van der Waals surface area contributed by atoms with Crippen molar-refractivity contribution in [1.29, 1.82) is 0 Å². The summed E-state index contributed by atoms with van der Waals surface area (Å²) in [5.41, 5.74) is 1.70. The van der Waals surface area contributed by atoms with Crippen LogP contribution in [-0.4, -0.2) is 71.8 Å². The van der Waals surface area contributed by atoms with Crippen LogP contribution in [0.2, 0.25) is 0 Å². The van der Waals surface area contributed by atoms with E-state index in [9.17, 15) is 4.79 Å². The number of ether oxygens (including phenoxy) is 1. The van der Waals surface area contributed by atoms with Gasteiger partial charge in [-0.2, -0.15) is 5.10 Å². The smallest absolute Gasteiger partial charge is 0.257 e. The zero-order valence-electron chi connectivity index (χ0n) is 13.0. The summed E-state index contributed by atoms with van der Waals surface area (Å²) in [6.07, 6.45) is 5.44. The fourth-order valence-electron chi connectivity index (χ4n) is 3.51. The third-order valence-corrected chi connectivity index (χ3v) is 5.11. The van der Waals surface area contributed by atoms with Crippen LogP contribution < -0.4 is 0 Å². The number of piperazine rings is 1. The highest BCUT2D eigenvalue weighted by Crippen LogP contribution is 2.30. The molecule has 1 aromatic heterocycles. The molecule has 1 aliphatic carbocycles. The Kier molecular flexibility index (Phi) is 3.88. The van der Waals surface area contributed by atoms with Crippen molar-refractivity contribution in [1.82, 2.24) is 20.0 Å². The van der Waals surface area contributed by atoms with Crippen LogP contribution >= 0.6 is 0 Å². The Balaban J connectivity index is 1.38. The minimum Gasteiger partial charge on any atom is -0.381 e. The molecule has 4 rings (SSSR count). The first-order valence-corrected chi connectivity index (χ1v) is 8.44. The Bertz CT molecular complexity index is 526. The predicted octanol–water partition coefficient (Wildman–Crippen LogP) is 1.08. The van der Waals surface area contributed by atoms with Crippen molar-refractivity contribution in [2.45, 2.75) is 25.2 Å². The summed E-state index contributed by atoms with van der Waals surface area (Å²) in [4.78, 5) is 17.3. The maximum atomic E-state index is 12.8. The monoisotopic (exact) mass is 304 g/mol. The van der Waals surface area contributed by atoms with E-state index in [0.717, 1.165) is 56.4 Å². The van der Waals surface area contributed by atoms with Crippen LogP contribution in [0.15, 0.2) is 6.20 Å². The van der Waals surface area contributed by atoms with Crippen molar-refractivity contribution < 1.29 is 9.53 Å². The van der Waals surface area contributed by atoms with Crippen molar-refractivity contribution in [3.8, 4) is 0 Å². The number of hydrogen-bond donors (Lipinski definition) is 1. The number of aromatic amines is 1. The fourth-order valence-corrected chi connectivity index (χ4v) is 3.51. The van der Waals surface area contributed by atoms with E-state index < -0.39 is 0 Å². The van der Waals surface area contributed by atoms with Gasteiger partial charge in [-0.3, -0.25) is 14.8 Å². The van der Waals surface area contributed by atoms with Gasteiger partial charge in [-0.15, -0.1) is 0 Å². The molecule has 0 spiro atoms. The van der Waals surface area contributed by atoms with Gasteiger partial charge in [0.2, 0.25) is 0 Å². The van der Waals surface area contributed by atoms with Crippen molar-refractivity contribution in [3.05, 3.63) is 17.5 Å². The number of hydrogen-bond acceptors (Lipinski definition) is 4. The van der Waals surface area contributed by atoms with Crippen molar-refractivity contribution in [2.75, 3.05) is 45.9 Å². The van der Waals surface area contributed by atoms with Crippen LogP contribution in [0.4, 0.5) is 0 Å². The van der Waals surface area contributed by atoms with Crippen LogP contribution in [0.5, 0.6) is 0 Å². The third kappa shape index (κ3) is 2.90. The number of rotatable bonds is 4. The largest absolute Gasteiger partial charge is 0.381 e. The standard InChI is InChI=1S/C16H24N4O2/c21-16(14-9-17-18-15(14)13-3-8-22-11-13)20-6-4-19(5-7-20)10-12-1-2-12/h9,12-13H,1-8,10-11H2,(H,17,18). The topological polar surface area (TPSA) is 61.5 Å². The summed E-state index contributed by atoms with van der Waals surface area (Å²) in [5.74, 6) is 1.34. The average molecular weight is 304 g/mol. The quantitative estimate of drug-likeness (QED) is 0.904. The lowest BCUT2D eigenvalue weighted by Crippen LogP contribution is -2.49. The SMILES string of the molecule is O=C(c1cn[nH]c1C1CCOC1)N1CCN(CC2CC2)CC1. The first-order chi connectivity index (χ1) is 10.8. The molecule has 0 bridgehead atoms. The third-order valence-electron chi connectivity index (χ3n) is 5.11. The number of nitrogens with one attached hydrogen (secondary N) is 1. The number of carbonyl (C=O) groups excluding carboxylic acids is 1.